The van der Waals surface area contributed by atoms with E-state index in [0.29, 0.717) is 6.42 Å². The maximum atomic E-state index is 11.3. The van der Waals surface area contributed by atoms with E-state index in [2.05, 4.69) is 11.6 Å². The van der Waals surface area contributed by atoms with Crippen LogP contribution in [0.3, 0.4) is 0 Å². The first kappa shape index (κ1) is 12.7. The second-order valence-corrected chi connectivity index (χ2v) is 4.91. The van der Waals surface area contributed by atoms with Crippen LogP contribution in [0.5, 0.6) is 0 Å². The molecule has 0 aromatic heterocycles. The highest BCUT2D eigenvalue weighted by Crippen LogP contribution is 1.95. The van der Waals surface area contributed by atoms with Crippen molar-refractivity contribution in [3.63, 3.8) is 0 Å². The lowest BCUT2D eigenvalue weighted by molar-refractivity contribution is -0.888. The van der Waals surface area contributed by atoms with E-state index in [-0.39, 0.29) is 5.91 Å². The molecule has 1 amide bonds. The molecule has 0 aromatic carbocycles. The summed E-state index contributed by atoms with van der Waals surface area (Å²) in [5.41, 5.74) is 0. The topological polar surface area (TPSA) is 33.5 Å². The van der Waals surface area contributed by atoms with Gasteiger partial charge in [-0.3, -0.25) is 4.79 Å². The lowest BCUT2D eigenvalue weighted by atomic mass is 10.2. The summed E-state index contributed by atoms with van der Waals surface area (Å²) in [5, 5.41) is 2.96. The van der Waals surface area contributed by atoms with E-state index >= 15 is 0 Å². The van der Waals surface area contributed by atoms with Crippen molar-refractivity contribution in [3.05, 3.63) is 0 Å². The van der Waals surface area contributed by atoms with E-state index in [1.165, 1.54) is 27.7 Å². The molecule has 1 aliphatic rings. The lowest BCUT2D eigenvalue weighted by Gasteiger charge is -2.16. The normalized spacial score (nSPS) is 25.6. The zero-order valence-corrected chi connectivity index (χ0v) is 10.3. The molecule has 0 bridgehead atoms. The van der Waals surface area contributed by atoms with Gasteiger partial charge < -0.3 is 10.2 Å². The first-order valence-corrected chi connectivity index (χ1v) is 7.12. The summed E-state index contributed by atoms with van der Waals surface area (Å²) in [6.07, 6.45) is 10.3. The van der Waals surface area contributed by atoms with E-state index in [1.54, 1.807) is 4.90 Å². The van der Waals surface area contributed by atoms with Crippen LogP contribution in [0.15, 0.2) is 0 Å². The van der Waals surface area contributed by atoms with Gasteiger partial charge in [-0.05, 0) is 25.7 Å². The molecule has 3 nitrogen and oxygen atoms in total. The summed E-state index contributed by atoms with van der Waals surface area (Å²) in [7, 11) is 1.24. The number of carbonyl (C=O) groups excluding carboxylic acids is 1. The van der Waals surface area contributed by atoms with Gasteiger partial charge in [0.25, 0.3) is 0 Å². The van der Waals surface area contributed by atoms with Crippen LogP contribution in [-0.2, 0) is 4.79 Å². The zero-order chi connectivity index (χ0) is 10.9. The number of carbonyl (C=O) groups is 1. The average molecular weight is 229 g/mol. The number of hydrogen-bond donors (Lipinski definition) is 2. The summed E-state index contributed by atoms with van der Waals surface area (Å²) in [6.45, 7) is 3.29. The molecule has 1 aliphatic heterocycles. The van der Waals surface area contributed by atoms with Gasteiger partial charge in [0.15, 0.2) is 0 Å². The number of hydrogen-bond acceptors (Lipinski definition) is 1. The Kier molecular flexibility index (Phi) is 6.62. The monoisotopic (exact) mass is 229 g/mol. The van der Waals surface area contributed by atoms with E-state index in [0.717, 1.165) is 32.1 Å². The smallest absolute Gasteiger partial charge is 0.219 e. The molecule has 1 fully saturated rings. The SMILES string of the molecule is C=PC[NH+]1CCCCNC(=O)CCCC1. The van der Waals surface area contributed by atoms with Crippen LogP contribution in [0.2, 0.25) is 0 Å². The molecular formula is C11H22N2OP+. The summed E-state index contributed by atoms with van der Waals surface area (Å²) in [6, 6.07) is 0. The molecule has 0 aliphatic carbocycles. The van der Waals surface area contributed by atoms with Gasteiger partial charge in [0.05, 0.1) is 13.1 Å². The Labute approximate surface area is 94.0 Å². The fraction of sp³-hybridized carbons (Fsp3) is 0.818. The molecule has 1 rings (SSSR count). The van der Waals surface area contributed by atoms with Crippen LogP contribution in [0, 0.1) is 0 Å². The Bertz CT molecular complexity index is 209. The maximum Gasteiger partial charge on any atom is 0.219 e. The maximum absolute atomic E-state index is 11.3. The van der Waals surface area contributed by atoms with Crippen molar-refractivity contribution in [2.75, 3.05) is 25.9 Å². The van der Waals surface area contributed by atoms with Crippen LogP contribution < -0.4 is 10.2 Å². The van der Waals surface area contributed by atoms with Crippen molar-refractivity contribution in [2.24, 2.45) is 0 Å². The van der Waals surface area contributed by atoms with Gasteiger partial charge in [0.2, 0.25) is 5.91 Å². The van der Waals surface area contributed by atoms with Crippen LogP contribution in [0.1, 0.15) is 32.1 Å². The van der Waals surface area contributed by atoms with Gasteiger partial charge in [0.1, 0.15) is 6.29 Å². The predicted octanol–water partition coefficient (Wildman–Crippen LogP) is 0.287. The minimum atomic E-state index is 0.230. The van der Waals surface area contributed by atoms with Crippen molar-refractivity contribution >= 4 is 20.4 Å². The molecular weight excluding hydrogens is 207 g/mol. The van der Waals surface area contributed by atoms with Crippen molar-refractivity contribution in [1.29, 1.82) is 0 Å². The van der Waals surface area contributed by atoms with Crippen molar-refractivity contribution in [1.82, 2.24) is 5.32 Å². The molecule has 1 atom stereocenters. The second-order valence-electron chi connectivity index (χ2n) is 4.15. The van der Waals surface area contributed by atoms with Crippen LogP contribution in [0.4, 0.5) is 0 Å². The second kappa shape index (κ2) is 7.84. The Balaban J connectivity index is 2.32. The summed E-state index contributed by atoms with van der Waals surface area (Å²) in [4.78, 5) is 12.9. The minimum Gasteiger partial charge on any atom is -0.356 e. The Morgan fingerprint density at radius 1 is 1.27 bits per heavy atom. The number of nitrogens with one attached hydrogen (secondary N) is 2. The molecule has 0 saturated carbocycles. The third-order valence-electron chi connectivity index (χ3n) is 2.80. The number of rotatable bonds is 2. The van der Waals surface area contributed by atoms with Gasteiger partial charge in [-0.25, -0.2) is 0 Å². The summed E-state index contributed by atoms with van der Waals surface area (Å²) >= 11 is 0. The molecule has 1 unspecified atom stereocenters. The minimum absolute atomic E-state index is 0.230. The standard InChI is InChI=1S/C11H21N2OP/c1-15-10-13-8-4-2-6-11(14)12-7-3-5-9-13/h1-10H2,(H,12,14)/p+1. The molecule has 2 N–H and O–H groups in total. The van der Waals surface area contributed by atoms with Gasteiger partial charge in [-0.1, -0.05) is 14.5 Å². The van der Waals surface area contributed by atoms with E-state index in [1.807, 2.05) is 0 Å². The molecule has 0 spiro atoms. The first-order chi connectivity index (χ1) is 7.33. The summed E-state index contributed by atoms with van der Waals surface area (Å²) < 4.78 is 0. The first-order valence-electron chi connectivity index (χ1n) is 5.85. The highest BCUT2D eigenvalue weighted by atomic mass is 31.1. The van der Waals surface area contributed by atoms with E-state index in [9.17, 15) is 4.79 Å². The molecule has 4 heteroatoms. The van der Waals surface area contributed by atoms with Gasteiger partial charge in [-0.15, -0.1) is 0 Å². The zero-order valence-electron chi connectivity index (χ0n) is 9.43. The predicted molar refractivity (Wildman–Crippen MR) is 65.7 cm³/mol. The Hall–Kier alpha value is -0.400. The van der Waals surface area contributed by atoms with Crippen molar-refractivity contribution in [3.8, 4) is 0 Å². The summed E-state index contributed by atoms with van der Waals surface area (Å²) in [5.74, 6) is 0.230. The molecule has 1 saturated heterocycles. The van der Waals surface area contributed by atoms with Crippen LogP contribution in [-0.4, -0.2) is 38.1 Å². The van der Waals surface area contributed by atoms with Crippen molar-refractivity contribution < 1.29 is 9.69 Å². The quantitative estimate of drug-likeness (QED) is 0.656. The Morgan fingerprint density at radius 3 is 2.73 bits per heavy atom. The van der Waals surface area contributed by atoms with Gasteiger partial charge in [-0.2, -0.15) is 0 Å². The van der Waals surface area contributed by atoms with Gasteiger partial charge in [0, 0.05) is 13.0 Å². The van der Waals surface area contributed by atoms with Crippen molar-refractivity contribution in [2.45, 2.75) is 32.1 Å². The highest BCUT2D eigenvalue weighted by Gasteiger charge is 2.09. The largest absolute Gasteiger partial charge is 0.356 e. The highest BCUT2D eigenvalue weighted by molar-refractivity contribution is 7.36. The third-order valence-corrected chi connectivity index (χ3v) is 3.47. The van der Waals surface area contributed by atoms with Crippen LogP contribution >= 0.6 is 8.20 Å². The van der Waals surface area contributed by atoms with E-state index in [4.69, 9.17) is 0 Å². The average Bonchev–Trinajstić information content (AvgIpc) is 2.26. The molecule has 0 radical (unpaired) electrons. The molecule has 86 valence electrons. The fourth-order valence-corrected chi connectivity index (χ4v) is 2.55. The Morgan fingerprint density at radius 2 is 2.00 bits per heavy atom. The van der Waals surface area contributed by atoms with E-state index < -0.39 is 0 Å². The third kappa shape index (κ3) is 5.91. The molecule has 15 heavy (non-hydrogen) atoms. The van der Waals surface area contributed by atoms with Gasteiger partial charge >= 0.3 is 0 Å². The lowest BCUT2D eigenvalue weighted by Crippen LogP contribution is -3.11. The molecule has 0 aromatic rings. The number of quaternary nitrogens is 1. The number of amides is 1. The molecule has 1 heterocycles. The fourth-order valence-electron chi connectivity index (χ4n) is 1.92. The van der Waals surface area contributed by atoms with Crippen LogP contribution in [0.25, 0.3) is 0 Å².